The Morgan fingerprint density at radius 2 is 1.66 bits per heavy atom. The van der Waals surface area contributed by atoms with Gasteiger partial charge < -0.3 is 25.0 Å². The molecule has 2 aliphatic heterocycles. The van der Waals surface area contributed by atoms with Crippen molar-refractivity contribution in [3.8, 4) is 16.9 Å². The van der Waals surface area contributed by atoms with Crippen LogP contribution < -0.4 is 10.5 Å². The second-order valence-electron chi connectivity index (χ2n) is 9.15. The molecule has 38 heavy (non-hydrogen) atoms. The summed E-state index contributed by atoms with van der Waals surface area (Å²) in [6.07, 6.45) is 0.422. The van der Waals surface area contributed by atoms with Crippen molar-refractivity contribution in [3.63, 3.8) is 0 Å². The summed E-state index contributed by atoms with van der Waals surface area (Å²) in [5.74, 6) is 1.23. The van der Waals surface area contributed by atoms with Gasteiger partial charge in [0, 0.05) is 30.2 Å². The summed E-state index contributed by atoms with van der Waals surface area (Å²) in [4.78, 5) is 41.3. The average Bonchev–Trinajstić information content (AvgIpc) is 3.21. The third-order valence-corrected chi connectivity index (χ3v) is 7.71. The predicted molar refractivity (Wildman–Crippen MR) is 150 cm³/mol. The van der Waals surface area contributed by atoms with Gasteiger partial charge in [-0.15, -0.1) is 12.4 Å². The number of nitrogens with two attached hydrogens (primary N) is 1. The molecule has 2 atom stereocenters. The molecule has 2 aromatic carbocycles. The third kappa shape index (κ3) is 7.20. The van der Waals surface area contributed by atoms with Gasteiger partial charge in [0.15, 0.2) is 0 Å². The number of carbonyl (C=O) groups is 3. The van der Waals surface area contributed by atoms with Crippen LogP contribution in [-0.4, -0.2) is 84.3 Å². The molecule has 2 amide bonds. The first-order chi connectivity index (χ1) is 17.9. The Hall–Kier alpha value is -3.24. The van der Waals surface area contributed by atoms with Crippen molar-refractivity contribution >= 4 is 47.8 Å². The molecule has 0 aromatic heterocycles. The van der Waals surface area contributed by atoms with E-state index in [-0.39, 0.29) is 55.7 Å². The molecule has 4 rings (SSSR count). The first-order valence-corrected chi connectivity index (χ1v) is 13.4. The van der Waals surface area contributed by atoms with E-state index in [1.807, 2.05) is 60.3 Å². The van der Waals surface area contributed by atoms with E-state index in [4.69, 9.17) is 20.6 Å². The van der Waals surface area contributed by atoms with Gasteiger partial charge in [0.2, 0.25) is 11.8 Å². The lowest BCUT2D eigenvalue weighted by atomic mass is 10.0. The first kappa shape index (κ1) is 29.3. The first-order valence-electron chi connectivity index (χ1n) is 12.3. The highest BCUT2D eigenvalue weighted by Gasteiger charge is 2.42. The van der Waals surface area contributed by atoms with Crippen LogP contribution in [0.2, 0.25) is 0 Å². The van der Waals surface area contributed by atoms with Crippen LogP contribution in [0, 0.1) is 11.3 Å². The van der Waals surface area contributed by atoms with Gasteiger partial charge in [-0.3, -0.25) is 19.8 Å². The van der Waals surface area contributed by atoms with Gasteiger partial charge in [-0.2, -0.15) is 11.8 Å². The normalized spacial score (nSPS) is 19.0. The fourth-order valence-electron chi connectivity index (χ4n) is 4.63. The molecule has 0 spiro atoms. The van der Waals surface area contributed by atoms with E-state index in [0.29, 0.717) is 30.8 Å². The van der Waals surface area contributed by atoms with Crippen LogP contribution in [0.3, 0.4) is 0 Å². The van der Waals surface area contributed by atoms with Crippen molar-refractivity contribution in [2.75, 3.05) is 44.9 Å². The number of hydrogen-bond acceptors (Lipinski definition) is 7. The Morgan fingerprint density at radius 3 is 2.24 bits per heavy atom. The van der Waals surface area contributed by atoms with Crippen LogP contribution in [0.1, 0.15) is 18.4 Å². The molecule has 0 radical (unpaired) electrons. The summed E-state index contributed by atoms with van der Waals surface area (Å²) in [6, 6.07) is 14.7. The van der Waals surface area contributed by atoms with Crippen LogP contribution in [-0.2, 0) is 19.1 Å². The van der Waals surface area contributed by atoms with Crippen molar-refractivity contribution in [1.29, 1.82) is 5.41 Å². The van der Waals surface area contributed by atoms with E-state index in [1.165, 1.54) is 7.11 Å². The molecule has 2 heterocycles. The summed E-state index contributed by atoms with van der Waals surface area (Å²) < 4.78 is 10.8. The fourth-order valence-corrected chi connectivity index (χ4v) is 5.53. The predicted octanol–water partition coefficient (Wildman–Crippen LogP) is 2.79. The zero-order chi connectivity index (χ0) is 26.4. The number of nitrogens with zero attached hydrogens (tertiary/aromatic N) is 2. The zero-order valence-corrected chi connectivity index (χ0v) is 22.9. The van der Waals surface area contributed by atoms with Crippen LogP contribution >= 0.6 is 24.2 Å². The monoisotopic (exact) mass is 560 g/mol. The number of nitrogens with one attached hydrogen (secondary N) is 1. The van der Waals surface area contributed by atoms with E-state index in [1.54, 1.807) is 9.80 Å². The highest BCUT2D eigenvalue weighted by Crippen LogP contribution is 2.29. The molecular formula is C27H33ClN4O5S. The quantitative estimate of drug-likeness (QED) is 0.274. The number of amidine groups is 1. The lowest BCUT2D eigenvalue weighted by Crippen LogP contribution is -2.47. The van der Waals surface area contributed by atoms with Gasteiger partial charge in [0.1, 0.15) is 24.7 Å². The molecule has 204 valence electrons. The van der Waals surface area contributed by atoms with Gasteiger partial charge in [0.25, 0.3) is 0 Å². The molecule has 0 bridgehead atoms. The number of amides is 2. The van der Waals surface area contributed by atoms with Crippen molar-refractivity contribution in [3.05, 3.63) is 54.1 Å². The van der Waals surface area contributed by atoms with Crippen LogP contribution in [0.4, 0.5) is 0 Å². The number of rotatable bonds is 9. The number of halogens is 1. The molecule has 2 aromatic rings. The second kappa shape index (κ2) is 13.5. The summed E-state index contributed by atoms with van der Waals surface area (Å²) in [7, 11) is 1.30. The summed E-state index contributed by atoms with van der Waals surface area (Å²) in [5.41, 5.74) is 8.18. The number of hydrogen-bond donors (Lipinski definition) is 2. The molecule has 11 heteroatoms. The highest BCUT2D eigenvalue weighted by atomic mass is 35.5. The Bertz CT molecular complexity index is 1140. The number of nitrogen functional groups attached to an aromatic ring is 1. The summed E-state index contributed by atoms with van der Waals surface area (Å²) in [5, 5.41) is 7.52. The number of esters is 1. The zero-order valence-electron chi connectivity index (χ0n) is 21.3. The Kier molecular flexibility index (Phi) is 10.4. The number of ether oxygens (including phenoxy) is 2. The van der Waals surface area contributed by atoms with Crippen LogP contribution in [0.25, 0.3) is 11.1 Å². The Morgan fingerprint density at radius 1 is 1.05 bits per heavy atom. The molecule has 0 saturated carbocycles. The number of benzene rings is 2. The van der Waals surface area contributed by atoms with Crippen LogP contribution in [0.15, 0.2) is 48.5 Å². The standard InChI is InChI=1S/C27H32N4O5S.ClH/c1-35-25(33)15-21-14-22(31(27(21)34)16-24(32)30-10-12-37-13-11-30)17-36-23-8-6-19(7-9-23)18-2-4-20(5-3-18)26(28)29;/h2-9,21-22H,10-17H2,1H3,(H3,28,29);1H/t21-,22-;/m0./s1. The lowest BCUT2D eigenvalue weighted by Gasteiger charge is -2.30. The van der Waals surface area contributed by atoms with E-state index in [0.717, 1.165) is 22.6 Å². The van der Waals surface area contributed by atoms with Gasteiger partial charge in [0.05, 0.1) is 25.5 Å². The minimum atomic E-state index is -0.522. The topological polar surface area (TPSA) is 126 Å². The maximum Gasteiger partial charge on any atom is 0.306 e. The SMILES string of the molecule is COC(=O)C[C@@H]1C[C@@H](COc2ccc(-c3ccc(C(=N)N)cc3)cc2)N(CC(=O)N2CCSCC2)C1=O.Cl. The van der Waals surface area contributed by atoms with Gasteiger partial charge in [-0.1, -0.05) is 36.4 Å². The Balaban J connectivity index is 0.00000400. The largest absolute Gasteiger partial charge is 0.491 e. The summed E-state index contributed by atoms with van der Waals surface area (Å²) in [6.45, 7) is 1.58. The molecular weight excluding hydrogens is 528 g/mol. The maximum absolute atomic E-state index is 13.1. The molecule has 2 fully saturated rings. The van der Waals surface area contributed by atoms with Crippen molar-refractivity contribution in [2.45, 2.75) is 18.9 Å². The number of likely N-dealkylation sites (tertiary alicyclic amines) is 1. The molecule has 9 nitrogen and oxygen atoms in total. The van der Waals surface area contributed by atoms with E-state index >= 15 is 0 Å². The van der Waals surface area contributed by atoms with Crippen molar-refractivity contribution in [2.24, 2.45) is 11.7 Å². The molecule has 2 saturated heterocycles. The third-order valence-electron chi connectivity index (χ3n) is 6.77. The minimum Gasteiger partial charge on any atom is -0.491 e. The molecule has 0 aliphatic carbocycles. The van der Waals surface area contributed by atoms with E-state index in [2.05, 4.69) is 0 Å². The van der Waals surface area contributed by atoms with Gasteiger partial charge in [-0.25, -0.2) is 0 Å². The number of carbonyl (C=O) groups excluding carboxylic acids is 3. The number of thioether (sulfide) groups is 1. The average molecular weight is 561 g/mol. The van der Waals surface area contributed by atoms with E-state index in [9.17, 15) is 14.4 Å². The minimum absolute atomic E-state index is 0. The van der Waals surface area contributed by atoms with Crippen molar-refractivity contribution < 1.29 is 23.9 Å². The lowest BCUT2D eigenvalue weighted by molar-refractivity contribution is -0.146. The smallest absolute Gasteiger partial charge is 0.306 e. The fraction of sp³-hybridized carbons (Fsp3) is 0.407. The maximum atomic E-state index is 13.1. The van der Waals surface area contributed by atoms with Gasteiger partial charge in [-0.05, 0) is 29.7 Å². The van der Waals surface area contributed by atoms with Gasteiger partial charge >= 0.3 is 5.97 Å². The van der Waals surface area contributed by atoms with E-state index < -0.39 is 11.9 Å². The summed E-state index contributed by atoms with van der Waals surface area (Å²) >= 11 is 1.82. The molecule has 2 aliphatic rings. The molecule has 3 N–H and O–H groups in total. The Labute approximate surface area is 232 Å². The molecule has 0 unspecified atom stereocenters. The highest BCUT2D eigenvalue weighted by molar-refractivity contribution is 7.99. The second-order valence-corrected chi connectivity index (χ2v) is 10.4. The van der Waals surface area contributed by atoms with Crippen LogP contribution in [0.5, 0.6) is 5.75 Å². The van der Waals surface area contributed by atoms with Crippen molar-refractivity contribution in [1.82, 2.24) is 9.80 Å². The number of methoxy groups -OCH3 is 1.